The molecule has 3 aromatic carbocycles. The Bertz CT molecular complexity index is 1010. The molecule has 29 heavy (non-hydrogen) atoms. The molecule has 7 heteroatoms. The van der Waals surface area contributed by atoms with E-state index in [1.54, 1.807) is 55.6 Å². The number of esters is 1. The first kappa shape index (κ1) is 20.2. The number of benzene rings is 3. The third kappa shape index (κ3) is 5.06. The normalized spacial score (nSPS) is 11.4. The topological polar surface area (TPSA) is 90.6 Å². The summed E-state index contributed by atoms with van der Waals surface area (Å²) in [6.07, 6.45) is -1.15. The van der Waals surface area contributed by atoms with Gasteiger partial charge in [0.1, 0.15) is 5.75 Å². The number of ether oxygens (including phenoxy) is 2. The minimum Gasteiger partial charge on any atom is -0.497 e. The van der Waals surface area contributed by atoms with Crippen LogP contribution < -0.4 is 15.8 Å². The molecule has 0 aromatic heterocycles. The van der Waals surface area contributed by atoms with Gasteiger partial charge in [-0.1, -0.05) is 41.9 Å². The Balaban J connectivity index is 1.83. The van der Waals surface area contributed by atoms with Gasteiger partial charge in [-0.2, -0.15) is 0 Å². The van der Waals surface area contributed by atoms with Gasteiger partial charge < -0.3 is 20.5 Å². The number of methoxy groups -OCH3 is 1. The van der Waals surface area contributed by atoms with Gasteiger partial charge in [0.25, 0.3) is 5.91 Å². The first-order chi connectivity index (χ1) is 14.0. The number of hydrogen-bond acceptors (Lipinski definition) is 5. The molecule has 0 aliphatic heterocycles. The summed E-state index contributed by atoms with van der Waals surface area (Å²) in [4.78, 5) is 25.5. The molecule has 0 spiro atoms. The molecule has 1 unspecified atom stereocenters. The van der Waals surface area contributed by atoms with Crippen LogP contribution >= 0.6 is 11.6 Å². The van der Waals surface area contributed by atoms with Crippen LogP contribution in [0.25, 0.3) is 0 Å². The number of halogens is 1. The number of carbonyl (C=O) groups excluding carboxylic acids is 2. The first-order valence-electron chi connectivity index (χ1n) is 8.74. The van der Waals surface area contributed by atoms with E-state index in [0.717, 1.165) is 0 Å². The largest absolute Gasteiger partial charge is 0.497 e. The predicted molar refractivity (Wildman–Crippen MR) is 112 cm³/mol. The monoisotopic (exact) mass is 410 g/mol. The van der Waals surface area contributed by atoms with Crippen molar-refractivity contribution >= 4 is 34.9 Å². The maximum absolute atomic E-state index is 12.9. The number of nitrogens with one attached hydrogen (secondary N) is 1. The minimum atomic E-state index is -1.15. The van der Waals surface area contributed by atoms with E-state index in [1.165, 1.54) is 18.2 Å². The fourth-order valence-electron chi connectivity index (χ4n) is 2.63. The van der Waals surface area contributed by atoms with Gasteiger partial charge >= 0.3 is 5.97 Å². The minimum absolute atomic E-state index is 0.199. The molecular weight excluding hydrogens is 392 g/mol. The Labute approximate surface area is 173 Å². The number of nitrogen functional groups attached to an aromatic ring is 1. The van der Waals surface area contributed by atoms with Crippen molar-refractivity contribution in [3.8, 4) is 5.75 Å². The molecular formula is C22H19ClN2O4. The highest BCUT2D eigenvalue weighted by molar-refractivity contribution is 6.33. The molecule has 6 nitrogen and oxygen atoms in total. The SMILES string of the molecule is COc1ccc(NC(=O)C(OC(=O)c2ccc(Cl)c(N)c2)c2ccccc2)cc1. The lowest BCUT2D eigenvalue weighted by atomic mass is 10.1. The van der Waals surface area contributed by atoms with Crippen molar-refractivity contribution in [3.05, 3.63) is 88.9 Å². The number of hydrogen-bond donors (Lipinski definition) is 2. The Morgan fingerprint density at radius 3 is 2.31 bits per heavy atom. The molecule has 0 saturated carbocycles. The van der Waals surface area contributed by atoms with Crippen LogP contribution in [0.1, 0.15) is 22.0 Å². The summed E-state index contributed by atoms with van der Waals surface area (Å²) in [6.45, 7) is 0. The second-order valence-electron chi connectivity index (χ2n) is 6.15. The molecule has 0 bridgehead atoms. The van der Waals surface area contributed by atoms with Crippen molar-refractivity contribution in [3.63, 3.8) is 0 Å². The third-order valence-corrected chi connectivity index (χ3v) is 4.50. The van der Waals surface area contributed by atoms with E-state index in [0.29, 0.717) is 22.0 Å². The van der Waals surface area contributed by atoms with Gasteiger partial charge in [0.2, 0.25) is 6.10 Å². The van der Waals surface area contributed by atoms with E-state index < -0.39 is 18.0 Å². The molecule has 0 saturated heterocycles. The van der Waals surface area contributed by atoms with E-state index in [2.05, 4.69) is 5.32 Å². The van der Waals surface area contributed by atoms with E-state index in [1.807, 2.05) is 6.07 Å². The van der Waals surface area contributed by atoms with E-state index in [4.69, 9.17) is 26.8 Å². The molecule has 0 heterocycles. The van der Waals surface area contributed by atoms with Gasteiger partial charge in [0, 0.05) is 11.3 Å². The lowest BCUT2D eigenvalue weighted by molar-refractivity contribution is -0.125. The molecule has 0 aliphatic carbocycles. The van der Waals surface area contributed by atoms with Crippen LogP contribution in [0, 0.1) is 0 Å². The molecule has 0 aliphatic rings. The number of nitrogens with two attached hydrogens (primary N) is 1. The van der Waals surface area contributed by atoms with Crippen molar-refractivity contribution in [2.45, 2.75) is 6.10 Å². The molecule has 1 amide bonds. The predicted octanol–water partition coefficient (Wildman–Crippen LogP) is 4.47. The fourth-order valence-corrected chi connectivity index (χ4v) is 2.75. The standard InChI is InChI=1S/C22H19ClN2O4/c1-28-17-10-8-16(9-11-17)25-21(26)20(14-5-3-2-4-6-14)29-22(27)15-7-12-18(23)19(24)13-15/h2-13,20H,24H2,1H3,(H,25,26). The summed E-state index contributed by atoms with van der Waals surface area (Å²) in [7, 11) is 1.56. The average Bonchev–Trinajstić information content (AvgIpc) is 2.74. The van der Waals surface area contributed by atoms with Crippen LogP contribution in [0.2, 0.25) is 5.02 Å². The number of amides is 1. The molecule has 3 aromatic rings. The molecule has 148 valence electrons. The number of carbonyl (C=O) groups is 2. The van der Waals surface area contributed by atoms with E-state index >= 15 is 0 Å². The van der Waals surface area contributed by atoms with Crippen molar-refractivity contribution in [1.29, 1.82) is 0 Å². The lowest BCUT2D eigenvalue weighted by Crippen LogP contribution is -2.26. The highest BCUT2D eigenvalue weighted by Crippen LogP contribution is 2.25. The van der Waals surface area contributed by atoms with Crippen LogP contribution in [0.15, 0.2) is 72.8 Å². The van der Waals surface area contributed by atoms with Crippen molar-refractivity contribution in [2.75, 3.05) is 18.2 Å². The Kier molecular flexibility index (Phi) is 6.36. The van der Waals surface area contributed by atoms with Gasteiger partial charge in [-0.3, -0.25) is 4.79 Å². The van der Waals surface area contributed by atoms with E-state index in [-0.39, 0.29) is 11.3 Å². The lowest BCUT2D eigenvalue weighted by Gasteiger charge is -2.18. The second-order valence-corrected chi connectivity index (χ2v) is 6.56. The van der Waals surface area contributed by atoms with Crippen LogP contribution in [0.4, 0.5) is 11.4 Å². The van der Waals surface area contributed by atoms with Crippen molar-refractivity contribution < 1.29 is 19.1 Å². The summed E-state index contributed by atoms with van der Waals surface area (Å²) in [5, 5.41) is 3.08. The quantitative estimate of drug-likeness (QED) is 0.462. The molecule has 0 fully saturated rings. The van der Waals surface area contributed by atoms with Crippen LogP contribution in [0.5, 0.6) is 5.75 Å². The summed E-state index contributed by atoms with van der Waals surface area (Å²) < 4.78 is 10.6. The van der Waals surface area contributed by atoms with Gasteiger partial charge in [0.05, 0.1) is 23.4 Å². The Morgan fingerprint density at radius 2 is 1.69 bits per heavy atom. The highest BCUT2D eigenvalue weighted by atomic mass is 35.5. The molecule has 0 radical (unpaired) electrons. The van der Waals surface area contributed by atoms with Crippen molar-refractivity contribution in [1.82, 2.24) is 0 Å². The molecule has 3 N–H and O–H groups in total. The average molecular weight is 411 g/mol. The number of anilines is 2. The summed E-state index contributed by atoms with van der Waals surface area (Å²) in [5.74, 6) is -0.516. The number of rotatable bonds is 6. The molecule has 1 atom stereocenters. The van der Waals surface area contributed by atoms with Gasteiger partial charge in [-0.15, -0.1) is 0 Å². The summed E-state index contributed by atoms with van der Waals surface area (Å²) >= 11 is 5.90. The van der Waals surface area contributed by atoms with Gasteiger partial charge in [0.15, 0.2) is 0 Å². The van der Waals surface area contributed by atoms with Gasteiger partial charge in [-0.05, 0) is 42.5 Å². The smallest absolute Gasteiger partial charge is 0.339 e. The van der Waals surface area contributed by atoms with Crippen LogP contribution in [-0.4, -0.2) is 19.0 Å². The van der Waals surface area contributed by atoms with Crippen LogP contribution in [0.3, 0.4) is 0 Å². The maximum Gasteiger partial charge on any atom is 0.339 e. The summed E-state index contributed by atoms with van der Waals surface area (Å²) in [6, 6.07) is 20.0. The maximum atomic E-state index is 12.9. The fraction of sp³-hybridized carbons (Fsp3) is 0.0909. The first-order valence-corrected chi connectivity index (χ1v) is 9.11. The zero-order chi connectivity index (χ0) is 20.8. The van der Waals surface area contributed by atoms with Crippen molar-refractivity contribution in [2.24, 2.45) is 0 Å². The van der Waals surface area contributed by atoms with Gasteiger partial charge in [-0.25, -0.2) is 4.79 Å². The Morgan fingerprint density at radius 1 is 1.00 bits per heavy atom. The molecule has 3 rings (SSSR count). The van der Waals surface area contributed by atoms with E-state index in [9.17, 15) is 9.59 Å². The Hall–Kier alpha value is -3.51. The second kappa shape index (κ2) is 9.12. The zero-order valence-electron chi connectivity index (χ0n) is 15.6. The summed E-state index contributed by atoms with van der Waals surface area (Å²) in [5.41, 5.74) is 7.29. The highest BCUT2D eigenvalue weighted by Gasteiger charge is 2.26. The third-order valence-electron chi connectivity index (χ3n) is 4.15. The zero-order valence-corrected chi connectivity index (χ0v) is 16.3. The van der Waals surface area contributed by atoms with Crippen LogP contribution in [-0.2, 0) is 9.53 Å².